The van der Waals surface area contributed by atoms with E-state index in [1.807, 2.05) is 243 Å². The topological polar surface area (TPSA) is 92.2 Å². The molecule has 0 bridgehead atoms. The Morgan fingerprint density at radius 1 is 0.203 bits per heavy atom. The van der Waals surface area contributed by atoms with E-state index in [1.165, 1.54) is 0 Å². The van der Waals surface area contributed by atoms with Crippen molar-refractivity contribution in [2.24, 2.45) is 0 Å². The molecule has 0 N–H and O–H groups in total. The summed E-state index contributed by atoms with van der Waals surface area (Å²) >= 11 is 0. The first-order chi connectivity index (χ1) is 33.4. The molecule has 0 aliphatic heterocycles. The van der Waals surface area contributed by atoms with Crippen LogP contribution >= 0.6 is 0 Å². The number of benzene rings is 12. The van der Waals surface area contributed by atoms with Crippen molar-refractivity contribution in [3.05, 3.63) is 243 Å². The standard InChI is InChI=1S/2C32H22O2.Sn/c2*33-31-27(21-11-3-1-4-12-21)19-23-15-7-9-17-25(23)29(31)30-26-18-10-8-16-24(26)20-28(32(30)34)22-13-5-2-6-14-22;/h2*1-20,33-34H;/q;;+4/p-4. The zero-order valence-corrected chi connectivity index (χ0v) is 40.1. The maximum atomic E-state index is 14.1. The molecule has 0 saturated heterocycles. The Kier molecular flexibility index (Phi) is 12.3. The smallest absolute Gasteiger partial charge is 0.872 e. The van der Waals surface area contributed by atoms with Crippen LogP contribution in [0.1, 0.15) is 0 Å². The predicted octanol–water partition coefficient (Wildman–Crippen LogP) is 13.9. The summed E-state index contributed by atoms with van der Waals surface area (Å²) in [4.78, 5) is 0. The molecular weight excluding hydrogens is 951 g/mol. The molecule has 0 unspecified atom stereocenters. The molecule has 0 aliphatic carbocycles. The second-order valence-corrected chi connectivity index (χ2v) is 16.9. The van der Waals surface area contributed by atoms with E-state index in [2.05, 4.69) is 0 Å². The van der Waals surface area contributed by atoms with Gasteiger partial charge in [-0.1, -0.05) is 241 Å². The van der Waals surface area contributed by atoms with Gasteiger partial charge >= 0.3 is 23.9 Å². The van der Waals surface area contributed by atoms with Crippen LogP contribution in [0.4, 0.5) is 0 Å². The van der Waals surface area contributed by atoms with Gasteiger partial charge in [-0.15, -0.1) is 0 Å². The van der Waals surface area contributed by atoms with E-state index in [4.69, 9.17) is 0 Å². The summed E-state index contributed by atoms with van der Waals surface area (Å²) in [5.41, 5.74) is 7.65. The van der Waals surface area contributed by atoms with Gasteiger partial charge in [0.2, 0.25) is 0 Å². The molecular formula is C64H40O4Sn. The molecule has 0 aliphatic rings. The summed E-state index contributed by atoms with van der Waals surface area (Å²) < 4.78 is 0. The molecule has 0 spiro atoms. The monoisotopic (exact) mass is 992 g/mol. The van der Waals surface area contributed by atoms with Crippen LogP contribution in [0.15, 0.2) is 243 Å². The van der Waals surface area contributed by atoms with Crippen molar-refractivity contribution in [2.75, 3.05) is 0 Å². The number of hydrogen-bond donors (Lipinski definition) is 0. The molecule has 324 valence electrons. The van der Waals surface area contributed by atoms with Crippen LogP contribution in [0.25, 0.3) is 110 Å². The average Bonchev–Trinajstić information content (AvgIpc) is 3.40. The van der Waals surface area contributed by atoms with E-state index < -0.39 is 0 Å². The molecule has 5 heteroatoms. The van der Waals surface area contributed by atoms with Gasteiger partial charge in [0.15, 0.2) is 0 Å². The van der Waals surface area contributed by atoms with Gasteiger partial charge in [0, 0.05) is 0 Å². The molecule has 0 aromatic heterocycles. The Hall–Kier alpha value is -8.32. The molecule has 12 rings (SSSR count). The fraction of sp³-hybridized carbons (Fsp3) is 0. The van der Waals surface area contributed by atoms with Crippen molar-refractivity contribution >= 4 is 67.0 Å². The van der Waals surface area contributed by atoms with Crippen LogP contribution in [0.2, 0.25) is 0 Å². The average molecular weight is 992 g/mol. The van der Waals surface area contributed by atoms with Gasteiger partial charge in [-0.05, 0) is 134 Å². The van der Waals surface area contributed by atoms with Gasteiger partial charge in [0.25, 0.3) is 0 Å². The quantitative estimate of drug-likeness (QED) is 0.155. The second-order valence-electron chi connectivity index (χ2n) is 16.9. The van der Waals surface area contributed by atoms with Gasteiger partial charge < -0.3 is 20.4 Å². The maximum absolute atomic E-state index is 14.1. The molecule has 0 atom stereocenters. The molecule has 12 aromatic carbocycles. The Bertz CT molecular complexity index is 3310. The SMILES string of the molecule is [O-]c1c(-c2ccccc2)cc2ccccc2c1-c1c([O-])c(-c2ccccc2)cc2ccccc12.[O-]c1c(-c2ccccc2)cc2ccccc2c1-c1c([O-])c(-c2ccccc2)cc2ccccc12.[Sn+4]. The Morgan fingerprint density at radius 2 is 0.377 bits per heavy atom. The molecule has 0 heterocycles. The summed E-state index contributed by atoms with van der Waals surface area (Å²) in [6, 6.07) is 77.6. The minimum Gasteiger partial charge on any atom is -0.872 e. The number of fused-ring (bicyclic) bond motifs is 4. The molecule has 0 radical (unpaired) electrons. The zero-order chi connectivity index (χ0) is 46.1. The first-order valence-electron chi connectivity index (χ1n) is 22.6. The van der Waals surface area contributed by atoms with E-state index in [0.717, 1.165) is 65.3 Å². The predicted molar refractivity (Wildman–Crippen MR) is 279 cm³/mol. The number of hydrogen-bond acceptors (Lipinski definition) is 4. The van der Waals surface area contributed by atoms with Gasteiger partial charge in [-0.3, -0.25) is 0 Å². The second kappa shape index (κ2) is 19.1. The van der Waals surface area contributed by atoms with Crippen LogP contribution in [0.5, 0.6) is 23.0 Å². The Morgan fingerprint density at radius 3 is 0.580 bits per heavy atom. The van der Waals surface area contributed by atoms with Crippen molar-refractivity contribution in [3.63, 3.8) is 0 Å². The Labute approximate surface area is 417 Å². The van der Waals surface area contributed by atoms with Gasteiger partial charge in [0.05, 0.1) is 0 Å². The first kappa shape index (κ1) is 44.5. The third-order valence-electron chi connectivity index (χ3n) is 12.8. The summed E-state index contributed by atoms with van der Waals surface area (Å²) in [7, 11) is 0. The van der Waals surface area contributed by atoms with Crippen LogP contribution < -0.4 is 20.4 Å². The Balaban J connectivity index is 0.000000158. The van der Waals surface area contributed by atoms with Crippen molar-refractivity contribution in [1.82, 2.24) is 0 Å². The fourth-order valence-electron chi connectivity index (χ4n) is 9.64. The van der Waals surface area contributed by atoms with E-state index in [1.54, 1.807) is 0 Å². The summed E-state index contributed by atoms with van der Waals surface area (Å²) in [5.74, 6) is -0.510. The van der Waals surface area contributed by atoms with E-state index in [0.29, 0.717) is 44.5 Å². The maximum Gasteiger partial charge on any atom is 4.00 e. The molecule has 69 heavy (non-hydrogen) atoms. The molecule has 0 fully saturated rings. The third kappa shape index (κ3) is 8.19. The van der Waals surface area contributed by atoms with Gasteiger partial charge in [-0.2, -0.15) is 0 Å². The van der Waals surface area contributed by atoms with Crippen LogP contribution in [0, 0.1) is 0 Å². The van der Waals surface area contributed by atoms with Crippen molar-refractivity contribution < 1.29 is 20.4 Å². The normalized spacial score (nSPS) is 11.0. The first-order valence-corrected chi connectivity index (χ1v) is 22.6. The summed E-state index contributed by atoms with van der Waals surface area (Å²) in [6.07, 6.45) is 0. The minimum absolute atomic E-state index is 0. The zero-order valence-electron chi connectivity index (χ0n) is 37.2. The molecule has 0 saturated carbocycles. The van der Waals surface area contributed by atoms with E-state index in [-0.39, 0.29) is 46.9 Å². The van der Waals surface area contributed by atoms with E-state index in [9.17, 15) is 20.4 Å². The van der Waals surface area contributed by atoms with Gasteiger partial charge in [0.1, 0.15) is 0 Å². The van der Waals surface area contributed by atoms with Crippen molar-refractivity contribution in [1.29, 1.82) is 0 Å². The third-order valence-corrected chi connectivity index (χ3v) is 12.8. The van der Waals surface area contributed by atoms with E-state index >= 15 is 0 Å². The molecule has 0 amide bonds. The van der Waals surface area contributed by atoms with Crippen molar-refractivity contribution in [2.45, 2.75) is 0 Å². The van der Waals surface area contributed by atoms with Gasteiger partial charge in [-0.25, -0.2) is 0 Å². The summed E-state index contributed by atoms with van der Waals surface area (Å²) in [5, 5.41) is 63.3. The van der Waals surface area contributed by atoms with Crippen LogP contribution in [-0.4, -0.2) is 23.9 Å². The molecule has 4 nitrogen and oxygen atoms in total. The minimum atomic E-state index is -0.127. The fourth-order valence-corrected chi connectivity index (χ4v) is 9.64. The van der Waals surface area contributed by atoms with Crippen LogP contribution in [0.3, 0.4) is 0 Å². The largest absolute Gasteiger partial charge is 4.00 e. The van der Waals surface area contributed by atoms with Crippen LogP contribution in [-0.2, 0) is 0 Å². The van der Waals surface area contributed by atoms with Crippen molar-refractivity contribution in [3.8, 4) is 89.8 Å². The molecule has 12 aromatic rings. The number of rotatable bonds is 6. The summed E-state index contributed by atoms with van der Waals surface area (Å²) in [6.45, 7) is 0.